The number of carbonyl (C=O) groups excluding carboxylic acids is 1. The number of carbonyl (C=O) groups is 1. The van der Waals surface area contributed by atoms with Gasteiger partial charge in [-0.15, -0.1) is 0 Å². The number of nitrogens with zero attached hydrogens (tertiary/aromatic N) is 3. The highest BCUT2D eigenvalue weighted by atomic mass is 16.5. The molecule has 2 bridgehead atoms. The van der Waals surface area contributed by atoms with Gasteiger partial charge in [0.1, 0.15) is 18.4 Å². The lowest BCUT2D eigenvalue weighted by atomic mass is 9.99. The Hall–Kier alpha value is -3.09. The standard InChI is InChI=1S/C21H21N3O4/c25-20(13-23-18-5-1-2-6-19(18)28-21(23)26)24-14-7-8-15(24)11-17(10-14)27-16-4-3-9-22-12-16/h1-6,9,12,14-15,17H,7-8,10-11,13H2. The number of ether oxygens (including phenoxy) is 1. The van der Waals surface area contributed by atoms with Crippen LogP contribution in [0.2, 0.25) is 0 Å². The predicted molar refractivity (Wildman–Crippen MR) is 102 cm³/mol. The quantitative estimate of drug-likeness (QED) is 0.696. The van der Waals surface area contributed by atoms with Crippen molar-refractivity contribution in [1.82, 2.24) is 14.5 Å². The van der Waals surface area contributed by atoms with Crippen molar-refractivity contribution >= 4 is 17.0 Å². The van der Waals surface area contributed by atoms with Gasteiger partial charge >= 0.3 is 5.76 Å². The fraction of sp³-hybridized carbons (Fsp3) is 0.381. The van der Waals surface area contributed by atoms with Crippen molar-refractivity contribution in [2.45, 2.75) is 50.4 Å². The fourth-order valence-electron chi connectivity index (χ4n) is 4.62. The van der Waals surface area contributed by atoms with E-state index in [0.29, 0.717) is 11.1 Å². The molecule has 7 nitrogen and oxygen atoms in total. The summed E-state index contributed by atoms with van der Waals surface area (Å²) < 4.78 is 12.8. The Labute approximate surface area is 161 Å². The Morgan fingerprint density at radius 2 is 1.93 bits per heavy atom. The Morgan fingerprint density at radius 1 is 1.14 bits per heavy atom. The molecule has 2 aliphatic heterocycles. The first-order chi connectivity index (χ1) is 13.7. The van der Waals surface area contributed by atoms with Gasteiger partial charge in [0.15, 0.2) is 5.58 Å². The van der Waals surface area contributed by atoms with Crippen LogP contribution >= 0.6 is 0 Å². The predicted octanol–water partition coefficient (Wildman–Crippen LogP) is 2.59. The second-order valence-electron chi connectivity index (χ2n) is 7.51. The van der Waals surface area contributed by atoms with Crippen LogP contribution in [-0.4, -0.2) is 38.5 Å². The largest absolute Gasteiger partial charge is 0.489 e. The van der Waals surface area contributed by atoms with Gasteiger partial charge in [0.25, 0.3) is 0 Å². The molecule has 2 unspecified atom stereocenters. The number of aromatic nitrogens is 2. The van der Waals surface area contributed by atoms with Gasteiger partial charge in [-0.2, -0.15) is 0 Å². The first kappa shape index (κ1) is 17.0. The van der Waals surface area contributed by atoms with E-state index in [0.717, 1.165) is 31.4 Å². The first-order valence-corrected chi connectivity index (χ1v) is 9.65. The van der Waals surface area contributed by atoms with Gasteiger partial charge in [-0.05, 0) is 37.1 Å². The monoisotopic (exact) mass is 379 g/mol. The average Bonchev–Trinajstić information content (AvgIpc) is 3.16. The maximum atomic E-state index is 13.1. The van der Waals surface area contributed by atoms with Crippen LogP contribution in [0, 0.1) is 0 Å². The zero-order chi connectivity index (χ0) is 19.1. The first-order valence-electron chi connectivity index (χ1n) is 9.65. The minimum atomic E-state index is -0.489. The summed E-state index contributed by atoms with van der Waals surface area (Å²) in [6.45, 7) is 0.0109. The highest BCUT2D eigenvalue weighted by Crippen LogP contribution is 2.37. The molecular weight excluding hydrogens is 358 g/mol. The molecule has 144 valence electrons. The van der Waals surface area contributed by atoms with Crippen LogP contribution in [0.25, 0.3) is 11.1 Å². The molecule has 28 heavy (non-hydrogen) atoms. The molecule has 4 heterocycles. The van der Waals surface area contributed by atoms with E-state index >= 15 is 0 Å². The molecule has 3 aromatic rings. The number of hydrogen-bond donors (Lipinski definition) is 0. The maximum Gasteiger partial charge on any atom is 0.420 e. The van der Waals surface area contributed by atoms with E-state index in [9.17, 15) is 9.59 Å². The summed E-state index contributed by atoms with van der Waals surface area (Å²) in [6.07, 6.45) is 7.09. The molecule has 2 atom stereocenters. The third-order valence-corrected chi connectivity index (χ3v) is 5.78. The minimum absolute atomic E-state index is 0.0109. The molecule has 2 fully saturated rings. The number of oxazole rings is 1. The Bertz CT molecular complexity index is 1040. The summed E-state index contributed by atoms with van der Waals surface area (Å²) >= 11 is 0. The number of para-hydroxylation sites is 2. The number of benzene rings is 1. The zero-order valence-corrected chi connectivity index (χ0v) is 15.4. The summed E-state index contributed by atoms with van der Waals surface area (Å²) in [7, 11) is 0. The SMILES string of the molecule is O=C(Cn1c(=O)oc2ccccc21)N1C2CCC1CC(Oc1cccnc1)C2. The number of piperidine rings is 1. The number of hydrogen-bond acceptors (Lipinski definition) is 5. The molecule has 0 N–H and O–H groups in total. The average molecular weight is 379 g/mol. The van der Waals surface area contributed by atoms with Crippen LogP contribution in [0.5, 0.6) is 5.75 Å². The van der Waals surface area contributed by atoms with Gasteiger partial charge in [0, 0.05) is 31.1 Å². The molecule has 2 saturated heterocycles. The minimum Gasteiger partial charge on any atom is -0.489 e. The van der Waals surface area contributed by atoms with E-state index in [1.54, 1.807) is 24.5 Å². The Kier molecular flexibility index (Phi) is 4.15. The van der Waals surface area contributed by atoms with Crippen molar-refractivity contribution in [3.8, 4) is 5.75 Å². The van der Waals surface area contributed by atoms with Gasteiger partial charge < -0.3 is 14.1 Å². The van der Waals surface area contributed by atoms with Crippen molar-refractivity contribution in [2.24, 2.45) is 0 Å². The molecule has 0 aliphatic carbocycles. The molecule has 1 amide bonds. The molecule has 0 radical (unpaired) electrons. The van der Waals surface area contributed by atoms with Crippen LogP contribution in [-0.2, 0) is 11.3 Å². The lowest BCUT2D eigenvalue weighted by molar-refractivity contribution is -0.137. The highest BCUT2D eigenvalue weighted by molar-refractivity contribution is 5.80. The van der Waals surface area contributed by atoms with Gasteiger partial charge in [0.2, 0.25) is 5.91 Å². The smallest absolute Gasteiger partial charge is 0.420 e. The van der Waals surface area contributed by atoms with Crippen molar-refractivity contribution in [3.63, 3.8) is 0 Å². The topological polar surface area (TPSA) is 77.6 Å². The molecule has 2 aromatic heterocycles. The molecule has 5 rings (SSSR count). The number of amides is 1. The van der Waals surface area contributed by atoms with E-state index in [-0.39, 0.29) is 30.6 Å². The summed E-state index contributed by atoms with van der Waals surface area (Å²) in [5.41, 5.74) is 1.16. The summed E-state index contributed by atoms with van der Waals surface area (Å²) in [5.74, 6) is 0.251. The Morgan fingerprint density at radius 3 is 2.68 bits per heavy atom. The van der Waals surface area contributed by atoms with Crippen LogP contribution in [0.15, 0.2) is 58.0 Å². The molecule has 0 saturated carbocycles. The maximum absolute atomic E-state index is 13.1. The molecule has 1 aromatic carbocycles. The highest BCUT2D eigenvalue weighted by Gasteiger charge is 2.44. The third-order valence-electron chi connectivity index (χ3n) is 5.78. The van der Waals surface area contributed by atoms with Crippen molar-refractivity contribution in [3.05, 3.63) is 59.3 Å². The molecule has 0 spiro atoms. The third kappa shape index (κ3) is 2.96. The summed E-state index contributed by atoms with van der Waals surface area (Å²) in [6, 6.07) is 11.3. The number of rotatable bonds is 4. The fourth-order valence-corrected chi connectivity index (χ4v) is 4.62. The van der Waals surface area contributed by atoms with Crippen LogP contribution in [0.1, 0.15) is 25.7 Å². The second-order valence-corrected chi connectivity index (χ2v) is 7.51. The van der Waals surface area contributed by atoms with Crippen LogP contribution in [0.4, 0.5) is 0 Å². The zero-order valence-electron chi connectivity index (χ0n) is 15.4. The molecule has 7 heteroatoms. The van der Waals surface area contributed by atoms with Gasteiger partial charge in [0.05, 0.1) is 11.7 Å². The summed E-state index contributed by atoms with van der Waals surface area (Å²) in [5, 5.41) is 0. The Balaban J connectivity index is 1.31. The molecule has 2 aliphatic rings. The van der Waals surface area contributed by atoms with Crippen molar-refractivity contribution in [1.29, 1.82) is 0 Å². The second kappa shape index (κ2) is 6.82. The van der Waals surface area contributed by atoms with E-state index in [1.807, 2.05) is 29.2 Å². The lowest BCUT2D eigenvalue weighted by Gasteiger charge is -2.39. The van der Waals surface area contributed by atoms with Crippen molar-refractivity contribution in [2.75, 3.05) is 0 Å². The van der Waals surface area contributed by atoms with E-state index in [4.69, 9.17) is 9.15 Å². The molecular formula is C21H21N3O4. The van der Waals surface area contributed by atoms with Gasteiger partial charge in [-0.3, -0.25) is 14.3 Å². The van der Waals surface area contributed by atoms with Gasteiger partial charge in [-0.1, -0.05) is 12.1 Å². The number of pyridine rings is 1. The number of fused-ring (bicyclic) bond motifs is 3. The van der Waals surface area contributed by atoms with Crippen LogP contribution in [0.3, 0.4) is 0 Å². The van der Waals surface area contributed by atoms with E-state index in [1.165, 1.54) is 4.57 Å². The van der Waals surface area contributed by atoms with E-state index in [2.05, 4.69) is 4.98 Å². The summed E-state index contributed by atoms with van der Waals surface area (Å²) in [4.78, 5) is 31.3. The van der Waals surface area contributed by atoms with Crippen LogP contribution < -0.4 is 10.5 Å². The van der Waals surface area contributed by atoms with Crippen molar-refractivity contribution < 1.29 is 13.9 Å². The lowest BCUT2D eigenvalue weighted by Crippen LogP contribution is -2.50. The normalized spacial score (nSPS) is 23.9. The van der Waals surface area contributed by atoms with E-state index < -0.39 is 5.76 Å². The van der Waals surface area contributed by atoms with Gasteiger partial charge in [-0.25, -0.2) is 4.79 Å².